The van der Waals surface area contributed by atoms with Crippen molar-refractivity contribution >= 4 is 19.7 Å². The average molecular weight is 411 g/mol. The van der Waals surface area contributed by atoms with Gasteiger partial charge in [-0.2, -0.15) is 0 Å². The number of hydrogen-bond donors (Lipinski definition) is 3. The number of aliphatic hydroxyl groups excluding tert-OH is 1. The molecular formula is C17H34NO8P. The van der Waals surface area contributed by atoms with Crippen LogP contribution in [0.15, 0.2) is 0 Å². The third kappa shape index (κ3) is 16.9. The van der Waals surface area contributed by atoms with E-state index in [1.54, 1.807) is 0 Å². The lowest BCUT2D eigenvalue weighted by atomic mass is 10.2. The number of ether oxygens (including phenoxy) is 1. The first-order chi connectivity index (χ1) is 12.8. The van der Waals surface area contributed by atoms with E-state index in [0.29, 0.717) is 6.42 Å². The molecule has 0 saturated heterocycles. The molecule has 0 rings (SSSR count). The minimum atomic E-state index is -4.35. The van der Waals surface area contributed by atoms with Crippen LogP contribution in [0.4, 0.5) is 0 Å². The molecule has 0 aliphatic rings. The summed E-state index contributed by atoms with van der Waals surface area (Å²) in [4.78, 5) is 32.3. The molecule has 0 saturated carbocycles. The minimum absolute atomic E-state index is 0.0780. The summed E-state index contributed by atoms with van der Waals surface area (Å²) < 4.78 is 25.9. The highest BCUT2D eigenvalue weighted by atomic mass is 31.2. The predicted molar refractivity (Wildman–Crippen MR) is 100.0 cm³/mol. The van der Waals surface area contributed by atoms with Gasteiger partial charge in [-0.1, -0.05) is 39.5 Å². The summed E-state index contributed by atoms with van der Waals surface area (Å²) >= 11 is 0. The topological polar surface area (TPSA) is 131 Å². The van der Waals surface area contributed by atoms with E-state index in [1.165, 1.54) is 0 Å². The van der Waals surface area contributed by atoms with Crippen molar-refractivity contribution in [2.45, 2.75) is 71.3 Å². The number of phosphoric ester groups is 1. The number of esters is 1. The number of phosphoric acid groups is 1. The quantitative estimate of drug-likeness (QED) is 0.189. The van der Waals surface area contributed by atoms with Crippen LogP contribution in [0.3, 0.4) is 0 Å². The summed E-state index contributed by atoms with van der Waals surface area (Å²) in [5.74, 6) is -0.575. The van der Waals surface area contributed by atoms with Gasteiger partial charge in [-0.25, -0.2) is 4.57 Å². The van der Waals surface area contributed by atoms with Crippen LogP contribution in [0.25, 0.3) is 0 Å². The molecule has 0 aliphatic heterocycles. The second-order valence-corrected chi connectivity index (χ2v) is 7.65. The zero-order chi connectivity index (χ0) is 20.5. The molecule has 2 unspecified atom stereocenters. The van der Waals surface area contributed by atoms with Gasteiger partial charge in [0.25, 0.3) is 0 Å². The van der Waals surface area contributed by atoms with Crippen molar-refractivity contribution in [3.8, 4) is 0 Å². The number of hydrogen-bond acceptors (Lipinski definition) is 7. The summed E-state index contributed by atoms with van der Waals surface area (Å²) in [5.41, 5.74) is 0. The van der Waals surface area contributed by atoms with Crippen LogP contribution in [0.5, 0.6) is 0 Å². The van der Waals surface area contributed by atoms with E-state index in [4.69, 9.17) is 9.26 Å². The zero-order valence-corrected chi connectivity index (χ0v) is 17.2. The molecule has 0 fully saturated rings. The Hall–Kier alpha value is -0.990. The molecule has 0 bridgehead atoms. The van der Waals surface area contributed by atoms with Gasteiger partial charge in [-0.05, 0) is 12.8 Å². The van der Waals surface area contributed by atoms with E-state index in [1.807, 2.05) is 6.92 Å². The second-order valence-electron chi connectivity index (χ2n) is 6.20. The van der Waals surface area contributed by atoms with Crippen LogP contribution in [-0.2, 0) is 27.9 Å². The van der Waals surface area contributed by atoms with Crippen LogP contribution in [0.2, 0.25) is 0 Å². The maximum absolute atomic E-state index is 11.7. The Balaban J connectivity index is 3.80. The van der Waals surface area contributed by atoms with Crippen molar-refractivity contribution in [1.29, 1.82) is 0 Å². The minimum Gasteiger partial charge on any atom is -0.463 e. The van der Waals surface area contributed by atoms with Gasteiger partial charge < -0.3 is 20.1 Å². The van der Waals surface area contributed by atoms with E-state index in [0.717, 1.165) is 38.5 Å². The van der Waals surface area contributed by atoms with E-state index in [2.05, 4.69) is 16.8 Å². The number of aliphatic hydroxyl groups is 1. The number of unbranched alkanes of at least 4 members (excludes halogenated alkanes) is 4. The molecule has 1 amide bonds. The molecule has 0 radical (unpaired) electrons. The average Bonchev–Trinajstić information content (AvgIpc) is 2.63. The Labute approximate surface area is 161 Å². The van der Waals surface area contributed by atoms with Gasteiger partial charge in [0.2, 0.25) is 5.91 Å². The summed E-state index contributed by atoms with van der Waals surface area (Å²) in [6.45, 7) is 3.09. The second kappa shape index (κ2) is 16.0. The summed E-state index contributed by atoms with van der Waals surface area (Å²) in [7, 11) is -4.35. The highest BCUT2D eigenvalue weighted by molar-refractivity contribution is 7.47. The van der Waals surface area contributed by atoms with Gasteiger partial charge in [-0.15, -0.1) is 0 Å². The van der Waals surface area contributed by atoms with Crippen LogP contribution in [0.1, 0.15) is 65.2 Å². The molecule has 0 aromatic rings. The van der Waals surface area contributed by atoms with E-state index < -0.39 is 26.5 Å². The molecule has 0 aliphatic carbocycles. The molecule has 0 heterocycles. The zero-order valence-electron chi connectivity index (χ0n) is 16.4. The molecule has 27 heavy (non-hydrogen) atoms. The number of amides is 1. The highest BCUT2D eigenvalue weighted by Gasteiger charge is 2.23. The fraction of sp³-hybridized carbons (Fsp3) is 0.882. The smallest absolute Gasteiger partial charge is 0.463 e. The van der Waals surface area contributed by atoms with Crippen molar-refractivity contribution in [2.75, 3.05) is 26.4 Å². The maximum atomic E-state index is 11.7. The Morgan fingerprint density at radius 2 is 1.70 bits per heavy atom. The number of carbonyl (C=O) groups is 2. The van der Waals surface area contributed by atoms with Crippen LogP contribution in [0, 0.1) is 0 Å². The summed E-state index contributed by atoms with van der Waals surface area (Å²) in [5, 5.41) is 12.2. The van der Waals surface area contributed by atoms with Gasteiger partial charge in [0.05, 0.1) is 13.2 Å². The first-order valence-electron chi connectivity index (χ1n) is 9.53. The van der Waals surface area contributed by atoms with Gasteiger partial charge in [0.1, 0.15) is 12.7 Å². The largest absolute Gasteiger partial charge is 0.472 e. The predicted octanol–water partition coefficient (Wildman–Crippen LogP) is 2.30. The molecule has 160 valence electrons. The molecule has 3 N–H and O–H groups in total. The van der Waals surface area contributed by atoms with Gasteiger partial charge in [0.15, 0.2) is 0 Å². The van der Waals surface area contributed by atoms with Gasteiger partial charge in [0, 0.05) is 19.4 Å². The lowest BCUT2D eigenvalue weighted by Crippen LogP contribution is -2.27. The normalized spacial score (nSPS) is 14.4. The lowest BCUT2D eigenvalue weighted by Gasteiger charge is -2.15. The Kier molecular flexibility index (Phi) is 15.4. The molecule has 0 aromatic heterocycles. The van der Waals surface area contributed by atoms with E-state index in [-0.39, 0.29) is 32.1 Å². The lowest BCUT2D eigenvalue weighted by molar-refractivity contribution is -0.147. The molecule has 10 heteroatoms. The SMILES string of the molecule is CCCCCCC(=O)OCC(O)COP(=O)(O)OCCNC(=O)CCCC. The summed E-state index contributed by atoms with van der Waals surface area (Å²) in [6, 6.07) is 0. The van der Waals surface area contributed by atoms with E-state index >= 15 is 0 Å². The molecular weight excluding hydrogens is 377 g/mol. The Bertz CT molecular complexity index is 460. The van der Waals surface area contributed by atoms with Crippen molar-refractivity contribution in [2.24, 2.45) is 0 Å². The molecule has 9 nitrogen and oxygen atoms in total. The van der Waals surface area contributed by atoms with Crippen molar-refractivity contribution in [3.05, 3.63) is 0 Å². The molecule has 0 spiro atoms. The van der Waals surface area contributed by atoms with Crippen LogP contribution in [-0.4, -0.2) is 54.3 Å². The van der Waals surface area contributed by atoms with E-state index in [9.17, 15) is 24.2 Å². The number of rotatable bonds is 17. The molecule has 0 aromatic carbocycles. The first kappa shape index (κ1) is 26.0. The fourth-order valence-corrected chi connectivity index (χ4v) is 2.76. The van der Waals surface area contributed by atoms with Crippen molar-refractivity contribution in [1.82, 2.24) is 5.32 Å². The van der Waals surface area contributed by atoms with Crippen molar-refractivity contribution < 1.29 is 37.9 Å². The van der Waals surface area contributed by atoms with Gasteiger partial charge in [-0.3, -0.25) is 18.6 Å². The molecule has 2 atom stereocenters. The van der Waals surface area contributed by atoms with Gasteiger partial charge >= 0.3 is 13.8 Å². The Morgan fingerprint density at radius 3 is 2.37 bits per heavy atom. The Morgan fingerprint density at radius 1 is 1.00 bits per heavy atom. The maximum Gasteiger partial charge on any atom is 0.472 e. The monoisotopic (exact) mass is 411 g/mol. The number of nitrogens with one attached hydrogen (secondary N) is 1. The fourth-order valence-electron chi connectivity index (χ4n) is 2.00. The third-order valence-electron chi connectivity index (χ3n) is 3.54. The third-order valence-corrected chi connectivity index (χ3v) is 4.52. The van der Waals surface area contributed by atoms with Crippen molar-refractivity contribution in [3.63, 3.8) is 0 Å². The summed E-state index contributed by atoms with van der Waals surface area (Å²) in [6.07, 6.45) is 4.91. The van der Waals surface area contributed by atoms with Crippen LogP contribution < -0.4 is 5.32 Å². The first-order valence-corrected chi connectivity index (χ1v) is 11.0. The van der Waals surface area contributed by atoms with Crippen LogP contribution >= 0.6 is 7.82 Å². The highest BCUT2D eigenvalue weighted by Crippen LogP contribution is 2.42. The standard InChI is InChI=1S/C17H34NO8P/c1-3-5-7-8-10-17(21)24-13-15(19)14-26-27(22,23)25-12-11-18-16(20)9-6-4-2/h15,19H,3-14H2,1-2H3,(H,18,20)(H,22,23). The number of carbonyl (C=O) groups excluding carboxylic acids is 2.